The van der Waals surface area contributed by atoms with Gasteiger partial charge < -0.3 is 4.90 Å². The number of anilines is 1. The van der Waals surface area contributed by atoms with Gasteiger partial charge in [-0.2, -0.15) is 13.2 Å². The largest absolute Gasteiger partial charge is 0.416 e. The van der Waals surface area contributed by atoms with Crippen molar-refractivity contribution in [3.8, 4) is 0 Å². The number of halogens is 5. The summed E-state index contributed by atoms with van der Waals surface area (Å²) in [6, 6.07) is 2.82. The number of hydrogen-bond acceptors (Lipinski definition) is 1. The minimum atomic E-state index is -4.51. The molecule has 0 saturated heterocycles. The van der Waals surface area contributed by atoms with E-state index < -0.39 is 17.6 Å². The molecule has 1 aliphatic carbocycles. The zero-order valence-corrected chi connectivity index (χ0v) is 12.6. The number of hydrogen-bond donors (Lipinski definition) is 0. The van der Waals surface area contributed by atoms with Crippen LogP contribution in [0.1, 0.15) is 31.2 Å². The van der Waals surface area contributed by atoms with Crippen molar-refractivity contribution in [2.45, 2.75) is 42.7 Å². The molecule has 112 valence electrons. The Labute approximate surface area is 124 Å². The molecule has 0 amide bonds. The van der Waals surface area contributed by atoms with Crippen LogP contribution in [0, 0.1) is 5.82 Å². The van der Waals surface area contributed by atoms with Crippen molar-refractivity contribution in [3.63, 3.8) is 0 Å². The van der Waals surface area contributed by atoms with Gasteiger partial charge in [0.1, 0.15) is 5.82 Å². The third kappa shape index (κ3) is 3.27. The maximum absolute atomic E-state index is 14.0. The second-order valence-electron chi connectivity index (χ2n) is 5.14. The summed E-state index contributed by atoms with van der Waals surface area (Å²) in [5, 5.41) is 0. The van der Waals surface area contributed by atoms with Crippen molar-refractivity contribution in [3.05, 3.63) is 29.6 Å². The molecule has 6 heteroatoms. The SMILES string of the molecule is CN(c1ccc(C(F)(F)F)cc1F)C1CCCCC1Br. The van der Waals surface area contributed by atoms with Crippen LogP contribution >= 0.6 is 15.9 Å². The highest BCUT2D eigenvalue weighted by Gasteiger charge is 2.32. The molecule has 0 heterocycles. The highest BCUT2D eigenvalue weighted by molar-refractivity contribution is 9.09. The second kappa shape index (κ2) is 5.92. The summed E-state index contributed by atoms with van der Waals surface area (Å²) in [6.45, 7) is 0. The monoisotopic (exact) mass is 353 g/mol. The van der Waals surface area contributed by atoms with Crippen LogP contribution in [0.5, 0.6) is 0 Å². The zero-order chi connectivity index (χ0) is 14.9. The van der Waals surface area contributed by atoms with Crippen LogP contribution in [0.3, 0.4) is 0 Å². The minimum absolute atomic E-state index is 0.106. The molecule has 1 nitrogen and oxygen atoms in total. The van der Waals surface area contributed by atoms with Crippen molar-refractivity contribution in [1.29, 1.82) is 0 Å². The van der Waals surface area contributed by atoms with Crippen LogP contribution in [-0.2, 0) is 6.18 Å². The molecule has 2 unspecified atom stereocenters. The Balaban J connectivity index is 2.24. The second-order valence-corrected chi connectivity index (χ2v) is 6.32. The Kier molecular flexibility index (Phi) is 4.62. The van der Waals surface area contributed by atoms with Crippen LogP contribution in [0.15, 0.2) is 18.2 Å². The van der Waals surface area contributed by atoms with E-state index in [0.717, 1.165) is 31.7 Å². The van der Waals surface area contributed by atoms with Gasteiger partial charge in [0.15, 0.2) is 0 Å². The summed E-state index contributed by atoms with van der Waals surface area (Å²) in [7, 11) is 1.73. The lowest BCUT2D eigenvalue weighted by molar-refractivity contribution is -0.137. The molecule has 1 aromatic carbocycles. The van der Waals surface area contributed by atoms with Crippen molar-refractivity contribution < 1.29 is 17.6 Å². The zero-order valence-electron chi connectivity index (χ0n) is 11.1. The van der Waals surface area contributed by atoms with Crippen molar-refractivity contribution in [1.82, 2.24) is 0 Å². The lowest BCUT2D eigenvalue weighted by Crippen LogP contribution is -2.41. The van der Waals surface area contributed by atoms with Gasteiger partial charge >= 0.3 is 6.18 Å². The standard InChI is InChI=1S/C14H16BrF4N/c1-20(12-5-3-2-4-10(12)15)13-7-6-9(8-11(13)16)14(17,18)19/h6-8,10,12H,2-5H2,1H3. The molecule has 0 N–H and O–H groups in total. The van der Waals surface area contributed by atoms with Gasteiger partial charge in [-0.15, -0.1) is 0 Å². The number of alkyl halides is 4. The molecule has 20 heavy (non-hydrogen) atoms. The average Bonchev–Trinajstić information content (AvgIpc) is 2.37. The van der Waals surface area contributed by atoms with Crippen LogP contribution < -0.4 is 4.90 Å². The summed E-state index contributed by atoms with van der Waals surface area (Å²) in [5.41, 5.74) is -0.736. The number of rotatable bonds is 2. The third-order valence-corrected chi connectivity index (χ3v) is 4.87. The Hall–Kier alpha value is -0.780. The first kappa shape index (κ1) is 15.6. The molecular weight excluding hydrogens is 338 g/mol. The summed E-state index contributed by atoms with van der Waals surface area (Å²) in [4.78, 5) is 1.98. The molecule has 0 radical (unpaired) electrons. The topological polar surface area (TPSA) is 3.24 Å². The van der Waals surface area contributed by atoms with E-state index in [1.54, 1.807) is 11.9 Å². The van der Waals surface area contributed by atoms with Gasteiger partial charge in [0.05, 0.1) is 11.3 Å². The quantitative estimate of drug-likeness (QED) is 0.534. The Bertz CT molecular complexity index is 475. The average molecular weight is 354 g/mol. The predicted molar refractivity (Wildman–Crippen MR) is 74.8 cm³/mol. The van der Waals surface area contributed by atoms with E-state index in [9.17, 15) is 17.6 Å². The Morgan fingerprint density at radius 2 is 1.85 bits per heavy atom. The van der Waals surface area contributed by atoms with Crippen LogP contribution in [0.2, 0.25) is 0 Å². The Morgan fingerprint density at radius 3 is 2.40 bits per heavy atom. The van der Waals surface area contributed by atoms with Gasteiger partial charge in [0.2, 0.25) is 0 Å². The molecule has 2 rings (SSSR count). The molecule has 2 atom stereocenters. The van der Waals surface area contributed by atoms with E-state index in [2.05, 4.69) is 15.9 Å². The van der Waals surface area contributed by atoms with Crippen molar-refractivity contribution in [2.75, 3.05) is 11.9 Å². The summed E-state index contributed by atoms with van der Waals surface area (Å²) in [5.74, 6) is -0.826. The Morgan fingerprint density at radius 1 is 1.20 bits per heavy atom. The predicted octanol–water partition coefficient (Wildman–Crippen LogP) is 4.99. The molecule has 0 bridgehead atoms. The number of benzene rings is 1. The summed E-state index contributed by atoms with van der Waals surface area (Å²) >= 11 is 3.58. The molecule has 0 spiro atoms. The maximum atomic E-state index is 14.0. The highest BCUT2D eigenvalue weighted by atomic mass is 79.9. The lowest BCUT2D eigenvalue weighted by atomic mass is 9.94. The van der Waals surface area contributed by atoms with E-state index in [-0.39, 0.29) is 16.6 Å². The van der Waals surface area contributed by atoms with Gasteiger partial charge in [-0.25, -0.2) is 4.39 Å². The van der Waals surface area contributed by atoms with Gasteiger partial charge in [-0.05, 0) is 31.0 Å². The van der Waals surface area contributed by atoms with Gasteiger partial charge in [-0.3, -0.25) is 0 Å². The first-order valence-corrected chi connectivity index (χ1v) is 7.46. The first-order chi connectivity index (χ1) is 9.30. The van der Waals surface area contributed by atoms with Gasteiger partial charge in [0.25, 0.3) is 0 Å². The number of nitrogens with zero attached hydrogens (tertiary/aromatic N) is 1. The molecule has 1 saturated carbocycles. The fraction of sp³-hybridized carbons (Fsp3) is 0.571. The maximum Gasteiger partial charge on any atom is 0.416 e. The third-order valence-electron chi connectivity index (χ3n) is 3.80. The molecular formula is C14H16BrF4N. The first-order valence-electron chi connectivity index (χ1n) is 6.54. The van der Waals surface area contributed by atoms with Crippen LogP contribution in [0.4, 0.5) is 23.2 Å². The van der Waals surface area contributed by atoms with E-state index in [4.69, 9.17) is 0 Å². The molecule has 1 aromatic rings. The minimum Gasteiger partial charge on any atom is -0.368 e. The van der Waals surface area contributed by atoms with E-state index >= 15 is 0 Å². The molecule has 0 aromatic heterocycles. The lowest BCUT2D eigenvalue weighted by Gasteiger charge is -2.36. The highest BCUT2D eigenvalue weighted by Crippen LogP contribution is 2.35. The van der Waals surface area contributed by atoms with Crippen molar-refractivity contribution >= 4 is 21.6 Å². The van der Waals surface area contributed by atoms with Gasteiger partial charge in [0, 0.05) is 17.9 Å². The molecule has 0 aliphatic heterocycles. The molecule has 1 fully saturated rings. The summed E-state index contributed by atoms with van der Waals surface area (Å²) in [6.07, 6.45) is -0.431. The van der Waals surface area contributed by atoms with Crippen molar-refractivity contribution in [2.24, 2.45) is 0 Å². The van der Waals surface area contributed by atoms with E-state index in [1.165, 1.54) is 6.07 Å². The van der Waals surface area contributed by atoms with Crippen LogP contribution in [-0.4, -0.2) is 17.9 Å². The van der Waals surface area contributed by atoms with E-state index in [1.807, 2.05) is 0 Å². The summed E-state index contributed by atoms with van der Waals surface area (Å²) < 4.78 is 51.5. The fourth-order valence-corrected chi connectivity index (χ4v) is 3.59. The smallest absolute Gasteiger partial charge is 0.368 e. The van der Waals surface area contributed by atoms with Gasteiger partial charge in [-0.1, -0.05) is 28.8 Å². The van der Waals surface area contributed by atoms with E-state index in [0.29, 0.717) is 6.07 Å². The molecule has 1 aliphatic rings. The van der Waals surface area contributed by atoms with Crippen LogP contribution in [0.25, 0.3) is 0 Å². The fourth-order valence-electron chi connectivity index (χ4n) is 2.65. The normalized spacial score (nSPS) is 23.7.